The molecule has 1 aromatic carbocycles. The first-order valence-corrected chi connectivity index (χ1v) is 10.4. The van der Waals surface area contributed by atoms with E-state index in [9.17, 15) is 18.4 Å². The first kappa shape index (κ1) is 18.7. The molecule has 146 valence electrons. The predicted molar refractivity (Wildman–Crippen MR) is 99.3 cm³/mol. The molecule has 0 aromatic heterocycles. The van der Waals surface area contributed by atoms with E-state index in [4.69, 9.17) is 0 Å². The van der Waals surface area contributed by atoms with E-state index in [-0.39, 0.29) is 10.4 Å². The van der Waals surface area contributed by atoms with Crippen LogP contribution in [-0.4, -0.2) is 22.7 Å². The largest absolute Gasteiger partial charge is 0.332 e. The van der Waals surface area contributed by atoms with Crippen LogP contribution in [0, 0.1) is 29.4 Å². The molecule has 4 fully saturated rings. The van der Waals surface area contributed by atoms with Crippen molar-refractivity contribution in [1.82, 2.24) is 10.6 Å². The van der Waals surface area contributed by atoms with Crippen LogP contribution in [0.5, 0.6) is 0 Å². The first-order valence-electron chi connectivity index (χ1n) is 9.56. The zero-order valence-corrected chi connectivity index (χ0v) is 16.1. The molecule has 0 aliphatic heterocycles. The second-order valence-electron chi connectivity index (χ2n) is 8.48. The quantitative estimate of drug-likeness (QED) is 0.751. The molecule has 0 radical (unpaired) electrons. The van der Waals surface area contributed by atoms with Gasteiger partial charge >= 0.3 is 6.03 Å². The molecule has 4 saturated carbocycles. The van der Waals surface area contributed by atoms with Gasteiger partial charge in [0.15, 0.2) is 0 Å². The molecule has 5 rings (SSSR count). The van der Waals surface area contributed by atoms with Gasteiger partial charge in [-0.3, -0.25) is 10.1 Å². The highest BCUT2D eigenvalue weighted by atomic mass is 32.2. The molecule has 4 aliphatic carbocycles. The number of amides is 3. The van der Waals surface area contributed by atoms with E-state index in [1.54, 1.807) is 6.92 Å². The van der Waals surface area contributed by atoms with Crippen molar-refractivity contribution in [2.45, 2.75) is 61.1 Å². The third-order valence-electron chi connectivity index (χ3n) is 6.22. The van der Waals surface area contributed by atoms with Crippen molar-refractivity contribution >= 4 is 23.7 Å². The number of imide groups is 1. The van der Waals surface area contributed by atoms with Crippen LogP contribution in [0.3, 0.4) is 0 Å². The zero-order valence-electron chi connectivity index (χ0n) is 15.3. The van der Waals surface area contributed by atoms with Crippen LogP contribution in [0.1, 0.15) is 45.4 Å². The Kier molecular flexibility index (Phi) is 4.91. The number of carbonyl (C=O) groups excluding carboxylic acids is 2. The highest BCUT2D eigenvalue weighted by molar-refractivity contribution is 8.00. The molecular weight excluding hydrogens is 370 g/mol. The standard InChI is InChI=1S/C20H24F2N2O2S/c1-11(27-17-3-2-15(21)7-16(17)22)18(25)23-19(26)24-20-8-12-4-13(9-20)6-14(5-12)10-20/h2-3,7,11-14H,4-6,8-10H2,1H3,(H2,23,24,25,26)/t11-,12?,13?,14?,20?/m1/s1. The van der Waals surface area contributed by atoms with E-state index in [0.717, 1.165) is 43.2 Å². The van der Waals surface area contributed by atoms with Gasteiger partial charge in [-0.25, -0.2) is 13.6 Å². The van der Waals surface area contributed by atoms with Crippen molar-refractivity contribution < 1.29 is 18.4 Å². The van der Waals surface area contributed by atoms with Gasteiger partial charge in [-0.15, -0.1) is 11.8 Å². The molecule has 1 aromatic rings. The number of thioether (sulfide) groups is 1. The van der Waals surface area contributed by atoms with Crippen molar-refractivity contribution in [3.63, 3.8) is 0 Å². The Bertz CT molecular complexity index is 735. The molecule has 2 N–H and O–H groups in total. The molecule has 0 heterocycles. The third-order valence-corrected chi connectivity index (χ3v) is 7.37. The van der Waals surface area contributed by atoms with E-state index in [1.807, 2.05) is 0 Å². The molecule has 4 aliphatic rings. The molecule has 0 saturated heterocycles. The number of hydrogen-bond donors (Lipinski definition) is 2. The summed E-state index contributed by atoms with van der Waals surface area (Å²) in [5, 5.41) is 4.81. The summed E-state index contributed by atoms with van der Waals surface area (Å²) < 4.78 is 26.7. The van der Waals surface area contributed by atoms with Crippen LogP contribution < -0.4 is 10.6 Å². The van der Waals surface area contributed by atoms with Crippen LogP contribution in [0.4, 0.5) is 13.6 Å². The monoisotopic (exact) mass is 394 g/mol. The van der Waals surface area contributed by atoms with Crippen LogP contribution in [-0.2, 0) is 4.79 Å². The molecule has 3 amide bonds. The van der Waals surface area contributed by atoms with Gasteiger partial charge in [0.1, 0.15) is 11.6 Å². The summed E-state index contributed by atoms with van der Waals surface area (Å²) in [6.45, 7) is 1.60. The summed E-state index contributed by atoms with van der Waals surface area (Å²) in [7, 11) is 0. The summed E-state index contributed by atoms with van der Waals surface area (Å²) in [6.07, 6.45) is 6.85. The fourth-order valence-corrected chi connectivity index (χ4v) is 6.43. The predicted octanol–water partition coefficient (Wildman–Crippen LogP) is 4.24. The normalized spacial score (nSPS) is 32.2. The minimum atomic E-state index is -0.710. The minimum absolute atomic E-state index is 0.168. The van der Waals surface area contributed by atoms with E-state index < -0.39 is 28.8 Å². The van der Waals surface area contributed by atoms with Gasteiger partial charge in [-0.1, -0.05) is 0 Å². The maximum atomic E-state index is 13.8. The second kappa shape index (κ2) is 7.08. The number of rotatable bonds is 4. The van der Waals surface area contributed by atoms with Crippen LogP contribution in [0.2, 0.25) is 0 Å². The number of halogens is 2. The Labute approximate surface area is 161 Å². The van der Waals surface area contributed by atoms with E-state index >= 15 is 0 Å². The fourth-order valence-electron chi connectivity index (χ4n) is 5.56. The van der Waals surface area contributed by atoms with Crippen molar-refractivity contribution in [1.29, 1.82) is 0 Å². The van der Waals surface area contributed by atoms with Gasteiger partial charge in [0.2, 0.25) is 5.91 Å². The number of carbonyl (C=O) groups is 2. The lowest BCUT2D eigenvalue weighted by Gasteiger charge is -2.56. The van der Waals surface area contributed by atoms with Crippen molar-refractivity contribution in [2.24, 2.45) is 17.8 Å². The first-order chi connectivity index (χ1) is 12.8. The van der Waals surface area contributed by atoms with Gasteiger partial charge in [0, 0.05) is 16.5 Å². The lowest BCUT2D eigenvalue weighted by molar-refractivity contribution is -0.119. The van der Waals surface area contributed by atoms with Gasteiger partial charge in [0.05, 0.1) is 5.25 Å². The highest BCUT2D eigenvalue weighted by Crippen LogP contribution is 2.55. The molecule has 0 spiro atoms. The number of nitrogens with one attached hydrogen (secondary N) is 2. The zero-order chi connectivity index (χ0) is 19.2. The Morgan fingerprint density at radius 1 is 1.11 bits per heavy atom. The van der Waals surface area contributed by atoms with E-state index in [2.05, 4.69) is 10.6 Å². The second-order valence-corrected chi connectivity index (χ2v) is 9.86. The van der Waals surface area contributed by atoms with Crippen LogP contribution in [0.25, 0.3) is 0 Å². The Morgan fingerprint density at radius 3 is 2.26 bits per heavy atom. The molecule has 4 bridgehead atoms. The topological polar surface area (TPSA) is 58.2 Å². The average Bonchev–Trinajstić information content (AvgIpc) is 2.55. The molecule has 27 heavy (non-hydrogen) atoms. The summed E-state index contributed by atoms with van der Waals surface area (Å²) in [5.41, 5.74) is -0.168. The Balaban J connectivity index is 1.33. The Hall–Kier alpha value is -1.63. The molecular formula is C20H24F2N2O2S. The SMILES string of the molecule is C[C@@H](Sc1ccc(F)cc1F)C(=O)NC(=O)NC12CC3CC(CC(C3)C1)C2. The Morgan fingerprint density at radius 2 is 1.70 bits per heavy atom. The smallest absolute Gasteiger partial charge is 0.321 e. The highest BCUT2D eigenvalue weighted by Gasteiger charge is 2.51. The number of benzene rings is 1. The van der Waals surface area contributed by atoms with Gasteiger partial charge in [-0.05, 0) is 75.3 Å². The average molecular weight is 394 g/mol. The van der Waals surface area contributed by atoms with E-state index in [0.29, 0.717) is 17.8 Å². The van der Waals surface area contributed by atoms with Gasteiger partial charge in [0.25, 0.3) is 0 Å². The van der Waals surface area contributed by atoms with Crippen LogP contribution in [0.15, 0.2) is 23.1 Å². The lowest BCUT2D eigenvalue weighted by Crippen LogP contribution is -2.62. The maximum absolute atomic E-state index is 13.8. The maximum Gasteiger partial charge on any atom is 0.321 e. The third kappa shape index (κ3) is 3.98. The summed E-state index contributed by atoms with van der Waals surface area (Å²) in [6, 6.07) is 2.77. The molecule has 4 nitrogen and oxygen atoms in total. The molecule has 1 atom stereocenters. The lowest BCUT2D eigenvalue weighted by atomic mass is 9.53. The number of urea groups is 1. The van der Waals surface area contributed by atoms with Crippen molar-refractivity contribution in [3.8, 4) is 0 Å². The van der Waals surface area contributed by atoms with E-state index in [1.165, 1.54) is 25.3 Å². The molecule has 7 heteroatoms. The van der Waals surface area contributed by atoms with Crippen molar-refractivity contribution in [3.05, 3.63) is 29.8 Å². The van der Waals surface area contributed by atoms with Gasteiger partial charge in [-0.2, -0.15) is 0 Å². The summed E-state index contributed by atoms with van der Waals surface area (Å²) in [5.74, 6) is 0.238. The summed E-state index contributed by atoms with van der Waals surface area (Å²) >= 11 is 0.965. The van der Waals surface area contributed by atoms with Gasteiger partial charge < -0.3 is 5.32 Å². The summed E-state index contributed by atoms with van der Waals surface area (Å²) in [4.78, 5) is 24.9. The minimum Gasteiger partial charge on any atom is -0.332 e. The number of hydrogen-bond acceptors (Lipinski definition) is 3. The fraction of sp³-hybridized carbons (Fsp3) is 0.600. The van der Waals surface area contributed by atoms with Crippen LogP contribution >= 0.6 is 11.8 Å². The van der Waals surface area contributed by atoms with Crippen molar-refractivity contribution in [2.75, 3.05) is 0 Å². The molecule has 0 unspecified atom stereocenters.